The molecule has 14 heavy (non-hydrogen) atoms. The Morgan fingerprint density at radius 1 is 1.64 bits per heavy atom. The van der Waals surface area contributed by atoms with E-state index in [1.807, 2.05) is 6.92 Å². The minimum atomic E-state index is 0.871. The van der Waals surface area contributed by atoms with Crippen LogP contribution in [-0.4, -0.2) is 13.1 Å². The largest absolute Gasteiger partial charge is 0.313 e. The highest BCUT2D eigenvalue weighted by Gasteiger charge is 1.96. The maximum Gasteiger partial charge on any atom is 0.0701 e. The van der Waals surface area contributed by atoms with Gasteiger partial charge in [0.25, 0.3) is 0 Å². The van der Waals surface area contributed by atoms with E-state index in [0.717, 1.165) is 19.5 Å². The van der Waals surface area contributed by atoms with Crippen LogP contribution >= 0.6 is 38.9 Å². The minimum absolute atomic E-state index is 0.871. The van der Waals surface area contributed by atoms with Gasteiger partial charge >= 0.3 is 0 Å². The summed E-state index contributed by atoms with van der Waals surface area (Å²) in [5, 5.41) is 3.33. The van der Waals surface area contributed by atoms with Crippen LogP contribution in [0.25, 0.3) is 0 Å². The summed E-state index contributed by atoms with van der Waals surface area (Å²) in [6, 6.07) is 4.24. The third kappa shape index (κ3) is 4.60. The molecule has 0 bridgehead atoms. The predicted octanol–water partition coefficient (Wildman–Crippen LogP) is 3.79. The Labute approximate surface area is 102 Å². The van der Waals surface area contributed by atoms with Crippen LogP contribution < -0.4 is 5.32 Å². The molecule has 0 fully saturated rings. The Kier molecular flexibility index (Phi) is 5.78. The van der Waals surface area contributed by atoms with Crippen molar-refractivity contribution in [3.05, 3.63) is 31.9 Å². The molecule has 1 nitrogen and oxygen atoms in total. The highest BCUT2D eigenvalue weighted by atomic mass is 79.9. The van der Waals surface area contributed by atoms with E-state index in [-0.39, 0.29) is 0 Å². The Morgan fingerprint density at radius 3 is 3.00 bits per heavy atom. The molecule has 1 aromatic rings. The lowest BCUT2D eigenvalue weighted by Crippen LogP contribution is -2.18. The number of hydrogen-bond donors (Lipinski definition) is 1. The Morgan fingerprint density at radius 2 is 2.43 bits per heavy atom. The molecule has 1 heterocycles. The van der Waals surface area contributed by atoms with Gasteiger partial charge in [0.15, 0.2) is 0 Å². The van der Waals surface area contributed by atoms with Gasteiger partial charge in [-0.05, 0) is 47.0 Å². The molecule has 0 saturated carbocycles. The first-order valence-electron chi connectivity index (χ1n) is 4.43. The average molecular weight is 295 g/mol. The molecule has 1 aromatic heterocycles. The van der Waals surface area contributed by atoms with Gasteiger partial charge in [-0.2, -0.15) is 0 Å². The lowest BCUT2D eigenvalue weighted by molar-refractivity contribution is 0.733. The van der Waals surface area contributed by atoms with Crippen molar-refractivity contribution in [1.82, 2.24) is 5.32 Å². The van der Waals surface area contributed by atoms with Crippen molar-refractivity contribution in [1.29, 1.82) is 0 Å². The van der Waals surface area contributed by atoms with Crippen LogP contribution in [-0.2, 0) is 6.42 Å². The second-order valence-corrected chi connectivity index (χ2v) is 5.85. The highest BCUT2D eigenvalue weighted by Crippen LogP contribution is 2.21. The summed E-state index contributed by atoms with van der Waals surface area (Å²) in [5.74, 6) is 0. The second-order valence-electron chi connectivity index (χ2n) is 3.09. The van der Waals surface area contributed by atoms with Crippen LogP contribution in [0.1, 0.15) is 11.8 Å². The van der Waals surface area contributed by atoms with Gasteiger partial charge < -0.3 is 5.32 Å². The van der Waals surface area contributed by atoms with Crippen molar-refractivity contribution in [3.8, 4) is 0 Å². The van der Waals surface area contributed by atoms with Gasteiger partial charge in [-0.3, -0.25) is 0 Å². The first-order valence-corrected chi connectivity index (χ1v) is 6.47. The quantitative estimate of drug-likeness (QED) is 0.815. The topological polar surface area (TPSA) is 12.0 Å². The molecular formula is C10H13BrClNS. The monoisotopic (exact) mass is 293 g/mol. The Bertz CT molecular complexity index is 309. The van der Waals surface area contributed by atoms with E-state index in [2.05, 4.69) is 33.4 Å². The van der Waals surface area contributed by atoms with Gasteiger partial charge in [-0.15, -0.1) is 11.3 Å². The van der Waals surface area contributed by atoms with Crippen molar-refractivity contribution in [2.45, 2.75) is 13.3 Å². The summed E-state index contributed by atoms with van der Waals surface area (Å²) in [6.07, 6.45) is 1.08. The summed E-state index contributed by atoms with van der Waals surface area (Å²) >= 11 is 10.8. The molecule has 0 amide bonds. The summed E-state index contributed by atoms with van der Waals surface area (Å²) in [4.78, 5) is 1.40. The predicted molar refractivity (Wildman–Crippen MR) is 68.2 cm³/mol. The van der Waals surface area contributed by atoms with Gasteiger partial charge in [0.1, 0.15) is 0 Å². The van der Waals surface area contributed by atoms with E-state index in [1.54, 1.807) is 16.9 Å². The number of thiophene rings is 1. The van der Waals surface area contributed by atoms with Crippen molar-refractivity contribution in [2.75, 3.05) is 13.1 Å². The summed E-state index contributed by atoms with van der Waals surface area (Å²) < 4.78 is 1.20. The van der Waals surface area contributed by atoms with Crippen molar-refractivity contribution >= 4 is 38.9 Å². The molecule has 0 aliphatic heterocycles. The van der Waals surface area contributed by atoms with Gasteiger partial charge in [0.05, 0.1) is 3.79 Å². The van der Waals surface area contributed by atoms with Crippen LogP contribution in [0.5, 0.6) is 0 Å². The molecule has 0 aliphatic carbocycles. The number of halogens is 2. The molecule has 0 aromatic carbocycles. The Balaban J connectivity index is 2.16. The highest BCUT2D eigenvalue weighted by molar-refractivity contribution is 9.11. The van der Waals surface area contributed by atoms with Crippen LogP contribution in [0.15, 0.2) is 27.0 Å². The van der Waals surface area contributed by atoms with Crippen LogP contribution in [0, 0.1) is 0 Å². The Hall–Kier alpha value is 0.170. The van der Waals surface area contributed by atoms with Crippen molar-refractivity contribution < 1.29 is 0 Å². The van der Waals surface area contributed by atoms with Gasteiger partial charge in [0, 0.05) is 23.5 Å². The van der Waals surface area contributed by atoms with Crippen molar-refractivity contribution in [2.24, 2.45) is 0 Å². The number of hydrogen-bond acceptors (Lipinski definition) is 2. The normalized spacial score (nSPS) is 12.1. The average Bonchev–Trinajstić information content (AvgIpc) is 2.58. The molecular weight excluding hydrogens is 282 g/mol. The van der Waals surface area contributed by atoms with E-state index in [1.165, 1.54) is 14.2 Å². The van der Waals surface area contributed by atoms with Gasteiger partial charge in [0.2, 0.25) is 0 Å². The molecule has 0 aliphatic rings. The fourth-order valence-electron chi connectivity index (χ4n) is 1.02. The van der Waals surface area contributed by atoms with E-state index in [4.69, 9.17) is 11.6 Å². The summed E-state index contributed by atoms with van der Waals surface area (Å²) in [5.41, 5.74) is 2.79. The molecule has 78 valence electrons. The zero-order chi connectivity index (χ0) is 10.4. The molecule has 0 saturated heterocycles. The van der Waals surface area contributed by atoms with E-state index < -0.39 is 0 Å². The maximum atomic E-state index is 5.55. The zero-order valence-electron chi connectivity index (χ0n) is 8.02. The molecule has 0 spiro atoms. The van der Waals surface area contributed by atoms with E-state index in [9.17, 15) is 0 Å². The third-order valence-electron chi connectivity index (χ3n) is 1.77. The van der Waals surface area contributed by atoms with Gasteiger partial charge in [-0.1, -0.05) is 11.6 Å². The first-order chi connectivity index (χ1) is 6.72. The zero-order valence-corrected chi connectivity index (χ0v) is 11.2. The smallest absolute Gasteiger partial charge is 0.0701 e. The van der Waals surface area contributed by atoms with E-state index in [0.29, 0.717) is 0 Å². The lowest BCUT2D eigenvalue weighted by Gasteiger charge is -2.02. The maximum absolute atomic E-state index is 5.55. The molecule has 0 atom stereocenters. The molecule has 4 heteroatoms. The van der Waals surface area contributed by atoms with Crippen LogP contribution in [0.2, 0.25) is 0 Å². The third-order valence-corrected chi connectivity index (χ3v) is 3.82. The van der Waals surface area contributed by atoms with E-state index >= 15 is 0 Å². The summed E-state index contributed by atoms with van der Waals surface area (Å²) in [7, 11) is 0. The number of rotatable bonds is 5. The summed E-state index contributed by atoms with van der Waals surface area (Å²) in [6.45, 7) is 3.88. The minimum Gasteiger partial charge on any atom is -0.313 e. The molecule has 0 radical (unpaired) electrons. The molecule has 0 unspecified atom stereocenters. The van der Waals surface area contributed by atoms with Gasteiger partial charge in [-0.25, -0.2) is 0 Å². The number of nitrogens with one attached hydrogen (secondary N) is 1. The van der Waals surface area contributed by atoms with Crippen LogP contribution in [0.3, 0.4) is 0 Å². The standard InChI is InChI=1S/C10H13BrClNS/c1-8(6-12)7-13-5-4-9-2-3-10(11)14-9/h2-3,6,13H,4-5,7H2,1H3/b8-6-. The molecule has 1 N–H and O–H groups in total. The fraction of sp³-hybridized carbons (Fsp3) is 0.400. The SMILES string of the molecule is C/C(=C/Cl)CNCCc1ccc(Br)s1. The molecule has 1 rings (SSSR count). The first kappa shape index (κ1) is 12.2. The second kappa shape index (κ2) is 6.62. The lowest BCUT2D eigenvalue weighted by atomic mass is 10.3. The van der Waals surface area contributed by atoms with Crippen LogP contribution in [0.4, 0.5) is 0 Å². The van der Waals surface area contributed by atoms with Crippen molar-refractivity contribution in [3.63, 3.8) is 0 Å². The fourth-order valence-corrected chi connectivity index (χ4v) is 2.58.